The van der Waals surface area contributed by atoms with E-state index in [1.54, 1.807) is 38.4 Å². The van der Waals surface area contributed by atoms with Crippen LogP contribution in [0.25, 0.3) is 0 Å². The summed E-state index contributed by atoms with van der Waals surface area (Å²) in [5, 5.41) is 5.50. The lowest BCUT2D eigenvalue weighted by atomic mass is 10.3. The number of esters is 2. The zero-order valence-corrected chi connectivity index (χ0v) is 14.8. The number of hydrogen-bond donors (Lipinski definition) is 2. The maximum atomic E-state index is 11.8. The number of carbonyl (C=O) groups is 2. The minimum Gasteiger partial charge on any atom is -0.462 e. The van der Waals surface area contributed by atoms with Crippen LogP contribution < -0.4 is 10.6 Å². The first-order chi connectivity index (χ1) is 11.5. The van der Waals surface area contributed by atoms with Gasteiger partial charge in [-0.15, -0.1) is 0 Å². The molecular weight excluding hydrogens is 350 g/mol. The van der Waals surface area contributed by atoms with Gasteiger partial charge in [0, 0.05) is 24.2 Å². The Morgan fingerprint density at radius 1 is 1.12 bits per heavy atom. The molecular formula is C15H17N3O4S2. The molecule has 9 heteroatoms. The lowest BCUT2D eigenvalue weighted by Gasteiger charge is -2.10. The molecule has 0 saturated carbocycles. The fourth-order valence-corrected chi connectivity index (χ4v) is 1.93. The molecule has 1 aromatic heterocycles. The van der Waals surface area contributed by atoms with Crippen LogP contribution in [0, 0.1) is 0 Å². The molecule has 0 aliphatic heterocycles. The van der Waals surface area contributed by atoms with Crippen molar-refractivity contribution in [1.82, 2.24) is 15.6 Å². The van der Waals surface area contributed by atoms with Gasteiger partial charge in [-0.2, -0.15) is 0 Å². The summed E-state index contributed by atoms with van der Waals surface area (Å²) < 4.78 is 9.62. The highest BCUT2D eigenvalue weighted by Crippen LogP contribution is 2.01. The van der Waals surface area contributed by atoms with E-state index in [0.29, 0.717) is 4.99 Å². The van der Waals surface area contributed by atoms with Crippen LogP contribution in [0.5, 0.6) is 0 Å². The standard InChI is InChI=1S/C15H17N3O4S2/c1-3-21-13(19)11(14(20)22-4-2)9-17-15(24)18-12(23)10-5-7-16-8-6-10/h5-9H,3-4H2,1-2H3,(H2,17,18,23,24). The number of nitrogens with one attached hydrogen (secondary N) is 2. The summed E-state index contributed by atoms with van der Waals surface area (Å²) >= 11 is 10.3. The van der Waals surface area contributed by atoms with Crippen LogP contribution in [0.3, 0.4) is 0 Å². The Kier molecular flexibility index (Phi) is 8.52. The second kappa shape index (κ2) is 10.4. The first kappa shape index (κ1) is 19.7. The first-order valence-electron chi connectivity index (χ1n) is 7.05. The Labute approximate surface area is 150 Å². The topological polar surface area (TPSA) is 89.5 Å². The largest absolute Gasteiger partial charge is 0.462 e. The van der Waals surface area contributed by atoms with Crippen molar-refractivity contribution >= 4 is 46.5 Å². The van der Waals surface area contributed by atoms with Crippen LogP contribution >= 0.6 is 24.4 Å². The van der Waals surface area contributed by atoms with Gasteiger partial charge in [0.05, 0.1) is 13.2 Å². The lowest BCUT2D eigenvalue weighted by Crippen LogP contribution is -2.37. The molecule has 0 radical (unpaired) electrons. The van der Waals surface area contributed by atoms with Gasteiger partial charge in [-0.25, -0.2) is 9.59 Å². The minimum absolute atomic E-state index is 0.114. The molecule has 0 amide bonds. The summed E-state index contributed by atoms with van der Waals surface area (Å²) in [5.74, 6) is -1.61. The van der Waals surface area contributed by atoms with E-state index in [0.717, 1.165) is 11.8 Å². The van der Waals surface area contributed by atoms with Crippen molar-refractivity contribution in [3.05, 3.63) is 41.9 Å². The average Bonchev–Trinajstić information content (AvgIpc) is 2.56. The smallest absolute Gasteiger partial charge is 0.347 e. The van der Waals surface area contributed by atoms with Gasteiger partial charge in [-0.3, -0.25) is 4.98 Å². The number of nitrogens with zero attached hydrogens (tertiary/aromatic N) is 1. The maximum Gasteiger partial charge on any atom is 0.347 e. The first-order valence-corrected chi connectivity index (χ1v) is 7.87. The molecule has 1 aromatic rings. The van der Waals surface area contributed by atoms with Crippen molar-refractivity contribution in [3.8, 4) is 0 Å². The van der Waals surface area contributed by atoms with Crippen molar-refractivity contribution in [3.63, 3.8) is 0 Å². The summed E-state index contributed by atoms with van der Waals surface area (Å²) in [7, 11) is 0. The second-order valence-electron chi connectivity index (χ2n) is 4.16. The molecule has 128 valence electrons. The molecule has 0 aromatic carbocycles. The molecule has 0 unspecified atom stereocenters. The number of thiocarbonyl (C=S) groups is 2. The van der Waals surface area contributed by atoms with Crippen LogP contribution in [-0.2, 0) is 19.1 Å². The van der Waals surface area contributed by atoms with Gasteiger partial charge in [0.15, 0.2) is 10.7 Å². The highest BCUT2D eigenvalue weighted by molar-refractivity contribution is 7.82. The molecule has 24 heavy (non-hydrogen) atoms. The lowest BCUT2D eigenvalue weighted by molar-refractivity contribution is -0.146. The molecule has 0 aliphatic rings. The van der Waals surface area contributed by atoms with E-state index in [9.17, 15) is 9.59 Å². The van der Waals surface area contributed by atoms with Crippen LogP contribution in [0.1, 0.15) is 19.4 Å². The van der Waals surface area contributed by atoms with Gasteiger partial charge in [-0.05, 0) is 38.2 Å². The number of hydrogen-bond acceptors (Lipinski definition) is 7. The normalized spacial score (nSPS) is 9.42. The van der Waals surface area contributed by atoms with Gasteiger partial charge in [0.25, 0.3) is 0 Å². The van der Waals surface area contributed by atoms with Crippen LogP contribution in [0.4, 0.5) is 0 Å². The van der Waals surface area contributed by atoms with Gasteiger partial charge in [0.1, 0.15) is 4.99 Å². The van der Waals surface area contributed by atoms with Crippen molar-refractivity contribution in [2.75, 3.05) is 13.2 Å². The summed E-state index contributed by atoms with van der Waals surface area (Å²) in [6.45, 7) is 3.52. The van der Waals surface area contributed by atoms with Crippen LogP contribution in [0.15, 0.2) is 36.3 Å². The highest BCUT2D eigenvalue weighted by atomic mass is 32.1. The average molecular weight is 367 g/mol. The van der Waals surface area contributed by atoms with E-state index in [1.807, 2.05) is 0 Å². The molecule has 0 saturated heterocycles. The second-order valence-corrected chi connectivity index (χ2v) is 4.98. The third-order valence-corrected chi connectivity index (χ3v) is 3.07. The van der Waals surface area contributed by atoms with Gasteiger partial charge >= 0.3 is 11.9 Å². The maximum absolute atomic E-state index is 11.8. The fraction of sp³-hybridized carbons (Fsp3) is 0.267. The monoisotopic (exact) mass is 367 g/mol. The molecule has 7 nitrogen and oxygen atoms in total. The molecule has 0 fully saturated rings. The Bertz CT molecular complexity index is 627. The SMILES string of the molecule is CCOC(=O)C(=CNC(=S)NC(=S)c1ccncc1)C(=O)OCC. The highest BCUT2D eigenvalue weighted by Gasteiger charge is 2.21. The Hall–Kier alpha value is -2.39. The van der Waals surface area contributed by atoms with Crippen LogP contribution in [-0.4, -0.2) is 40.2 Å². The molecule has 1 heterocycles. The Morgan fingerprint density at radius 2 is 1.67 bits per heavy atom. The van der Waals surface area contributed by atoms with Crippen molar-refractivity contribution in [2.24, 2.45) is 0 Å². The van der Waals surface area contributed by atoms with Gasteiger partial charge in [0.2, 0.25) is 0 Å². The number of ether oxygens (including phenoxy) is 2. The molecule has 0 bridgehead atoms. The molecule has 0 aliphatic carbocycles. The van der Waals surface area contributed by atoms with Crippen molar-refractivity contribution < 1.29 is 19.1 Å². The quantitative estimate of drug-likeness (QED) is 0.253. The molecule has 2 N–H and O–H groups in total. The van der Waals surface area contributed by atoms with E-state index in [4.69, 9.17) is 33.9 Å². The summed E-state index contributed by atoms with van der Waals surface area (Å²) in [6, 6.07) is 3.44. The number of carbonyl (C=O) groups excluding carboxylic acids is 2. The van der Waals surface area contributed by atoms with Crippen molar-refractivity contribution in [2.45, 2.75) is 13.8 Å². The third kappa shape index (κ3) is 6.39. The minimum atomic E-state index is -0.803. The summed E-state index contributed by atoms with van der Waals surface area (Å²) in [5.41, 5.74) is 0.432. The van der Waals surface area contributed by atoms with Crippen LogP contribution in [0.2, 0.25) is 0 Å². The summed E-state index contributed by atoms with van der Waals surface area (Å²) in [6.07, 6.45) is 4.32. The Balaban J connectivity index is 2.73. The Morgan fingerprint density at radius 3 is 2.17 bits per heavy atom. The summed E-state index contributed by atoms with van der Waals surface area (Å²) in [4.78, 5) is 27.8. The zero-order chi connectivity index (χ0) is 17.9. The number of pyridine rings is 1. The predicted octanol–water partition coefficient (Wildman–Crippen LogP) is 1.23. The van der Waals surface area contributed by atoms with E-state index in [-0.39, 0.29) is 23.9 Å². The third-order valence-electron chi connectivity index (χ3n) is 2.51. The van der Waals surface area contributed by atoms with Gasteiger partial charge < -0.3 is 20.1 Å². The zero-order valence-electron chi connectivity index (χ0n) is 13.2. The molecule has 1 rings (SSSR count). The van der Waals surface area contributed by atoms with Crippen molar-refractivity contribution in [1.29, 1.82) is 0 Å². The predicted molar refractivity (Wildman–Crippen MR) is 96.2 cm³/mol. The molecule has 0 spiro atoms. The number of rotatable bonds is 6. The fourth-order valence-electron chi connectivity index (χ4n) is 1.47. The van der Waals surface area contributed by atoms with E-state index in [1.165, 1.54) is 0 Å². The number of aromatic nitrogens is 1. The van der Waals surface area contributed by atoms with E-state index >= 15 is 0 Å². The van der Waals surface area contributed by atoms with Gasteiger partial charge in [-0.1, -0.05) is 12.2 Å². The van der Waals surface area contributed by atoms with E-state index < -0.39 is 11.9 Å². The molecule has 0 atom stereocenters. The van der Waals surface area contributed by atoms with E-state index in [2.05, 4.69) is 15.6 Å².